The SMILES string of the molecule is NC(=O)[C@@H]1CCCN1C(=O)c1ccc(-c2ccc(NCC3CCN(CC4(C(F)(F)F)CCC4)CC3)cc2)cc1. The minimum Gasteiger partial charge on any atom is -0.385 e. The van der Waals surface area contributed by atoms with Crippen LogP contribution in [0.1, 0.15) is 55.3 Å². The van der Waals surface area contributed by atoms with Crippen molar-refractivity contribution < 1.29 is 22.8 Å². The summed E-state index contributed by atoms with van der Waals surface area (Å²) < 4.78 is 40.5. The Morgan fingerprint density at radius 1 is 0.897 bits per heavy atom. The maximum Gasteiger partial charge on any atom is 0.395 e. The zero-order valence-electron chi connectivity index (χ0n) is 22.2. The molecule has 1 saturated carbocycles. The Morgan fingerprint density at radius 2 is 1.51 bits per heavy atom. The predicted molar refractivity (Wildman–Crippen MR) is 145 cm³/mol. The number of nitrogens with zero attached hydrogens (tertiary/aromatic N) is 2. The minimum absolute atomic E-state index is 0.152. The number of benzene rings is 2. The van der Waals surface area contributed by atoms with Crippen molar-refractivity contribution in [3.63, 3.8) is 0 Å². The second kappa shape index (κ2) is 11.2. The van der Waals surface area contributed by atoms with E-state index in [0.29, 0.717) is 30.9 Å². The van der Waals surface area contributed by atoms with Gasteiger partial charge in [-0.25, -0.2) is 0 Å². The number of nitrogens with one attached hydrogen (secondary N) is 1. The van der Waals surface area contributed by atoms with E-state index in [2.05, 4.69) is 5.32 Å². The summed E-state index contributed by atoms with van der Waals surface area (Å²) in [6, 6.07) is 15.0. The second-order valence-electron chi connectivity index (χ2n) is 11.4. The molecule has 2 amide bonds. The molecule has 2 saturated heterocycles. The quantitative estimate of drug-likeness (QED) is 0.475. The van der Waals surface area contributed by atoms with Gasteiger partial charge in [0.05, 0.1) is 5.41 Å². The number of halogens is 3. The van der Waals surface area contributed by atoms with E-state index in [1.165, 1.54) is 0 Å². The summed E-state index contributed by atoms with van der Waals surface area (Å²) in [5.74, 6) is -0.186. The largest absolute Gasteiger partial charge is 0.395 e. The zero-order chi connectivity index (χ0) is 27.6. The maximum atomic E-state index is 13.5. The van der Waals surface area contributed by atoms with Crippen molar-refractivity contribution in [2.24, 2.45) is 17.1 Å². The number of amides is 2. The minimum atomic E-state index is -4.10. The Hall–Kier alpha value is -3.07. The van der Waals surface area contributed by atoms with Crippen molar-refractivity contribution >= 4 is 17.5 Å². The van der Waals surface area contributed by atoms with Gasteiger partial charge in [-0.05, 0) is 92.9 Å². The van der Waals surface area contributed by atoms with E-state index in [4.69, 9.17) is 5.73 Å². The van der Waals surface area contributed by atoms with Crippen LogP contribution in [0.15, 0.2) is 48.5 Å². The molecule has 2 aromatic carbocycles. The molecule has 1 aliphatic carbocycles. The molecule has 1 atom stereocenters. The lowest BCUT2D eigenvalue weighted by Gasteiger charge is -2.47. The molecule has 2 heterocycles. The Bertz CT molecular complexity index is 1150. The highest BCUT2D eigenvalue weighted by Gasteiger charge is 2.58. The van der Waals surface area contributed by atoms with Gasteiger partial charge in [-0.2, -0.15) is 13.2 Å². The molecule has 9 heteroatoms. The standard InChI is InChI=1S/C30H37F3N4O2/c31-30(32,33)29(14-2-15-29)20-36-17-12-21(13-18-36)19-35-25-10-8-23(9-11-25)22-4-6-24(7-5-22)28(39)37-16-1-3-26(37)27(34)38/h4-11,21,26,35H,1-3,12-20H2,(H2,34,38)/t26-/m0/s1. The highest BCUT2D eigenvalue weighted by molar-refractivity contribution is 5.98. The molecular formula is C30H37F3N4O2. The summed E-state index contributed by atoms with van der Waals surface area (Å²) in [5.41, 5.74) is 7.53. The highest BCUT2D eigenvalue weighted by Crippen LogP contribution is 2.53. The molecule has 6 nitrogen and oxygen atoms in total. The van der Waals surface area contributed by atoms with E-state index in [0.717, 1.165) is 55.7 Å². The first kappa shape index (κ1) is 27.5. The van der Waals surface area contributed by atoms with E-state index >= 15 is 0 Å². The molecule has 2 aromatic rings. The van der Waals surface area contributed by atoms with Crippen molar-refractivity contribution in [1.82, 2.24) is 9.80 Å². The fraction of sp³-hybridized carbons (Fsp3) is 0.533. The number of anilines is 1. The summed E-state index contributed by atoms with van der Waals surface area (Å²) in [7, 11) is 0. The topological polar surface area (TPSA) is 78.7 Å². The fourth-order valence-corrected chi connectivity index (χ4v) is 6.23. The number of primary amides is 1. The molecule has 2 aliphatic heterocycles. The van der Waals surface area contributed by atoms with Crippen LogP contribution in [0.2, 0.25) is 0 Å². The molecule has 210 valence electrons. The number of alkyl halides is 3. The lowest BCUT2D eigenvalue weighted by atomic mass is 9.67. The second-order valence-corrected chi connectivity index (χ2v) is 11.4. The van der Waals surface area contributed by atoms with Crippen LogP contribution in [-0.2, 0) is 4.79 Å². The van der Waals surface area contributed by atoms with Gasteiger partial charge in [0.2, 0.25) is 5.91 Å². The Morgan fingerprint density at radius 3 is 2.05 bits per heavy atom. The van der Waals surface area contributed by atoms with Crippen molar-refractivity contribution in [2.45, 2.75) is 57.2 Å². The monoisotopic (exact) mass is 542 g/mol. The van der Waals surface area contributed by atoms with Crippen LogP contribution in [0.4, 0.5) is 18.9 Å². The number of nitrogens with two attached hydrogens (primary N) is 1. The van der Waals surface area contributed by atoms with E-state index < -0.39 is 23.5 Å². The normalized spacial score (nSPS) is 21.9. The number of carbonyl (C=O) groups excluding carboxylic acids is 2. The number of hydrogen-bond acceptors (Lipinski definition) is 4. The third kappa shape index (κ3) is 5.93. The summed E-state index contributed by atoms with van der Waals surface area (Å²) in [5, 5.41) is 3.48. The molecule has 0 aromatic heterocycles. The van der Waals surface area contributed by atoms with Gasteiger partial charge in [-0.3, -0.25) is 9.59 Å². The van der Waals surface area contributed by atoms with Crippen molar-refractivity contribution in [3.8, 4) is 11.1 Å². The average Bonchev–Trinajstić information content (AvgIpc) is 3.40. The Labute approximate surface area is 227 Å². The van der Waals surface area contributed by atoms with Crippen molar-refractivity contribution in [3.05, 3.63) is 54.1 Å². The maximum absolute atomic E-state index is 13.5. The molecule has 3 fully saturated rings. The van der Waals surface area contributed by atoms with Crippen LogP contribution >= 0.6 is 0 Å². The van der Waals surface area contributed by atoms with Crippen LogP contribution in [0.3, 0.4) is 0 Å². The van der Waals surface area contributed by atoms with Gasteiger partial charge in [0.15, 0.2) is 0 Å². The van der Waals surface area contributed by atoms with Gasteiger partial charge < -0.3 is 20.9 Å². The van der Waals surface area contributed by atoms with Gasteiger partial charge in [0, 0.05) is 30.9 Å². The number of carbonyl (C=O) groups is 2. The summed E-state index contributed by atoms with van der Waals surface area (Å²) in [6.45, 7) is 2.95. The van der Waals surface area contributed by atoms with Crippen LogP contribution < -0.4 is 11.1 Å². The lowest BCUT2D eigenvalue weighted by Crippen LogP contribution is -2.53. The molecule has 0 bridgehead atoms. The van der Waals surface area contributed by atoms with E-state index in [9.17, 15) is 22.8 Å². The Balaban J connectivity index is 1.09. The molecular weight excluding hydrogens is 505 g/mol. The highest BCUT2D eigenvalue weighted by atomic mass is 19.4. The van der Waals surface area contributed by atoms with Crippen LogP contribution in [-0.4, -0.2) is 66.6 Å². The first-order valence-electron chi connectivity index (χ1n) is 14.0. The third-order valence-corrected chi connectivity index (χ3v) is 8.93. The average molecular weight is 543 g/mol. The van der Waals surface area contributed by atoms with Crippen LogP contribution in [0, 0.1) is 11.3 Å². The number of rotatable bonds is 8. The zero-order valence-corrected chi connectivity index (χ0v) is 22.2. The molecule has 0 radical (unpaired) electrons. The molecule has 39 heavy (non-hydrogen) atoms. The number of hydrogen-bond donors (Lipinski definition) is 2. The van der Waals surface area contributed by atoms with Crippen LogP contribution in [0.5, 0.6) is 0 Å². The van der Waals surface area contributed by atoms with Crippen molar-refractivity contribution in [2.75, 3.05) is 38.0 Å². The number of piperidine rings is 1. The first-order valence-corrected chi connectivity index (χ1v) is 14.0. The molecule has 5 rings (SSSR count). The van der Waals surface area contributed by atoms with E-state index in [1.807, 2.05) is 41.3 Å². The summed E-state index contributed by atoms with van der Waals surface area (Å²) in [4.78, 5) is 28.1. The predicted octanol–water partition coefficient (Wildman–Crippen LogP) is 5.30. The van der Waals surface area contributed by atoms with E-state index in [1.54, 1.807) is 17.0 Å². The molecule has 3 aliphatic rings. The van der Waals surface area contributed by atoms with Crippen LogP contribution in [0.25, 0.3) is 11.1 Å². The number of likely N-dealkylation sites (tertiary alicyclic amines) is 2. The molecule has 3 N–H and O–H groups in total. The third-order valence-electron chi connectivity index (χ3n) is 8.93. The molecule has 0 unspecified atom stereocenters. The van der Waals surface area contributed by atoms with Gasteiger partial charge in [-0.15, -0.1) is 0 Å². The van der Waals surface area contributed by atoms with Gasteiger partial charge in [-0.1, -0.05) is 30.7 Å². The van der Waals surface area contributed by atoms with Gasteiger partial charge in [0.25, 0.3) is 5.91 Å². The lowest BCUT2D eigenvalue weighted by molar-refractivity contribution is -0.256. The Kier molecular flexibility index (Phi) is 7.89. The van der Waals surface area contributed by atoms with Crippen molar-refractivity contribution in [1.29, 1.82) is 0 Å². The summed E-state index contributed by atoms with van der Waals surface area (Å²) in [6.07, 6.45) is 0.322. The first-order chi connectivity index (χ1) is 18.6. The smallest absolute Gasteiger partial charge is 0.385 e. The summed E-state index contributed by atoms with van der Waals surface area (Å²) >= 11 is 0. The molecule has 0 spiro atoms. The van der Waals surface area contributed by atoms with E-state index in [-0.39, 0.29) is 25.3 Å². The fourth-order valence-electron chi connectivity index (χ4n) is 6.23. The van der Waals surface area contributed by atoms with Gasteiger partial charge >= 0.3 is 6.18 Å². The van der Waals surface area contributed by atoms with Gasteiger partial charge in [0.1, 0.15) is 6.04 Å².